The Balaban J connectivity index is 2.10. The first-order valence-electron chi connectivity index (χ1n) is 7.16. The molecule has 0 fully saturated rings. The minimum atomic E-state index is 0.103. The topological polar surface area (TPSA) is 46.3 Å². The van der Waals surface area contributed by atoms with Gasteiger partial charge < -0.3 is 10.6 Å². The number of hydrogen-bond acceptors (Lipinski definition) is 2. The molecule has 3 heteroatoms. The lowest BCUT2D eigenvalue weighted by Crippen LogP contribution is -2.26. The van der Waals surface area contributed by atoms with Gasteiger partial charge in [-0.1, -0.05) is 39.0 Å². The fraction of sp³-hybridized carbons (Fsp3) is 0.562. The molecule has 1 heterocycles. The Morgan fingerprint density at radius 1 is 1.32 bits per heavy atom. The molecule has 1 unspecified atom stereocenters. The highest BCUT2D eigenvalue weighted by Crippen LogP contribution is 2.27. The second kappa shape index (κ2) is 5.74. The molecule has 0 radical (unpaired) electrons. The van der Waals surface area contributed by atoms with Crippen LogP contribution in [0.4, 0.5) is 0 Å². The first kappa shape index (κ1) is 14.1. The lowest BCUT2D eigenvalue weighted by Gasteiger charge is -2.16. The van der Waals surface area contributed by atoms with Crippen molar-refractivity contribution in [3.8, 4) is 0 Å². The molecule has 0 saturated carbocycles. The van der Waals surface area contributed by atoms with E-state index >= 15 is 0 Å². The summed E-state index contributed by atoms with van der Waals surface area (Å²) in [5.74, 6) is 0.674. The Bertz CT molecular complexity index is 468. The molecule has 19 heavy (non-hydrogen) atoms. The van der Waals surface area contributed by atoms with E-state index in [9.17, 15) is 4.79 Å². The van der Waals surface area contributed by atoms with Gasteiger partial charge in [-0.3, -0.25) is 4.79 Å². The maximum atomic E-state index is 12.1. The largest absolute Gasteiger partial charge is 0.334 e. The van der Waals surface area contributed by atoms with E-state index in [-0.39, 0.29) is 11.9 Å². The van der Waals surface area contributed by atoms with Crippen molar-refractivity contribution in [2.24, 2.45) is 11.7 Å². The predicted octanol–water partition coefficient (Wildman–Crippen LogP) is 2.98. The van der Waals surface area contributed by atoms with Gasteiger partial charge in [-0.25, -0.2) is 0 Å². The maximum Gasteiger partial charge on any atom is 0.223 e. The second-order valence-corrected chi connectivity index (χ2v) is 5.89. The summed E-state index contributed by atoms with van der Waals surface area (Å²) in [6.45, 7) is 7.75. The van der Waals surface area contributed by atoms with E-state index in [1.807, 2.05) is 4.90 Å². The Labute approximate surface area is 115 Å². The van der Waals surface area contributed by atoms with E-state index in [1.54, 1.807) is 0 Å². The number of nitrogens with two attached hydrogens (primary N) is 1. The van der Waals surface area contributed by atoms with Crippen LogP contribution in [0.15, 0.2) is 18.2 Å². The molecule has 104 valence electrons. The van der Waals surface area contributed by atoms with Gasteiger partial charge in [0.05, 0.1) is 0 Å². The average Bonchev–Trinajstić information content (AvgIpc) is 2.79. The van der Waals surface area contributed by atoms with Crippen LogP contribution >= 0.6 is 0 Å². The standard InChI is InChI=1S/C16H24N2O/c1-4-15(17)12-5-6-13-9-18(10-14(13)8-12)16(19)7-11(2)3/h5-6,8,11,15H,4,7,9-10,17H2,1-3H3. The smallest absolute Gasteiger partial charge is 0.223 e. The molecular formula is C16H24N2O. The molecule has 3 nitrogen and oxygen atoms in total. The van der Waals surface area contributed by atoms with E-state index in [0.717, 1.165) is 19.5 Å². The molecule has 1 aliphatic heterocycles. The molecule has 1 aliphatic rings. The lowest BCUT2D eigenvalue weighted by atomic mass is 10.0. The summed E-state index contributed by atoms with van der Waals surface area (Å²) in [7, 11) is 0. The number of rotatable bonds is 4. The number of carbonyl (C=O) groups excluding carboxylic acids is 1. The second-order valence-electron chi connectivity index (χ2n) is 5.89. The summed E-state index contributed by atoms with van der Waals surface area (Å²) < 4.78 is 0. The van der Waals surface area contributed by atoms with Crippen molar-refractivity contribution in [2.45, 2.75) is 52.7 Å². The highest BCUT2D eigenvalue weighted by atomic mass is 16.2. The zero-order valence-electron chi connectivity index (χ0n) is 12.1. The van der Waals surface area contributed by atoms with E-state index in [2.05, 4.69) is 39.0 Å². The van der Waals surface area contributed by atoms with Crippen LogP contribution in [-0.2, 0) is 17.9 Å². The van der Waals surface area contributed by atoms with Crippen molar-refractivity contribution in [2.75, 3.05) is 0 Å². The molecule has 2 N–H and O–H groups in total. The van der Waals surface area contributed by atoms with Crippen LogP contribution in [-0.4, -0.2) is 10.8 Å². The van der Waals surface area contributed by atoms with Gasteiger partial charge in [0, 0.05) is 25.6 Å². The number of hydrogen-bond donors (Lipinski definition) is 1. The van der Waals surface area contributed by atoms with E-state index in [1.165, 1.54) is 16.7 Å². The van der Waals surface area contributed by atoms with Crippen LogP contribution in [0.25, 0.3) is 0 Å². The third-order valence-corrected chi connectivity index (χ3v) is 3.76. The zero-order chi connectivity index (χ0) is 14.0. The third-order valence-electron chi connectivity index (χ3n) is 3.76. The monoisotopic (exact) mass is 260 g/mol. The number of nitrogens with zero attached hydrogens (tertiary/aromatic N) is 1. The van der Waals surface area contributed by atoms with E-state index in [0.29, 0.717) is 12.3 Å². The molecule has 2 rings (SSSR count). The van der Waals surface area contributed by atoms with Gasteiger partial charge in [-0.15, -0.1) is 0 Å². The molecule has 1 aromatic carbocycles. The third kappa shape index (κ3) is 3.16. The van der Waals surface area contributed by atoms with Gasteiger partial charge in [0.2, 0.25) is 5.91 Å². The summed E-state index contributed by atoms with van der Waals surface area (Å²) in [5.41, 5.74) is 9.78. The SMILES string of the molecule is CCC(N)c1ccc2c(c1)CN(C(=O)CC(C)C)C2. The zero-order valence-corrected chi connectivity index (χ0v) is 12.1. The molecule has 1 atom stereocenters. The van der Waals surface area contributed by atoms with Crippen LogP contribution < -0.4 is 5.73 Å². The quantitative estimate of drug-likeness (QED) is 0.904. The van der Waals surface area contributed by atoms with Gasteiger partial charge >= 0.3 is 0 Å². The van der Waals surface area contributed by atoms with Crippen LogP contribution in [0.2, 0.25) is 0 Å². The van der Waals surface area contributed by atoms with Gasteiger partial charge in [-0.2, -0.15) is 0 Å². The predicted molar refractivity (Wildman–Crippen MR) is 77.4 cm³/mol. The Morgan fingerprint density at radius 2 is 2.00 bits per heavy atom. The van der Waals surface area contributed by atoms with Crippen molar-refractivity contribution in [3.63, 3.8) is 0 Å². The summed E-state index contributed by atoms with van der Waals surface area (Å²) in [4.78, 5) is 14.1. The van der Waals surface area contributed by atoms with Crippen LogP contribution in [0, 0.1) is 5.92 Å². The number of amides is 1. The molecule has 0 bridgehead atoms. The highest BCUT2D eigenvalue weighted by molar-refractivity contribution is 5.77. The van der Waals surface area contributed by atoms with E-state index < -0.39 is 0 Å². The molecule has 1 amide bonds. The maximum absolute atomic E-state index is 12.1. The Morgan fingerprint density at radius 3 is 2.63 bits per heavy atom. The fourth-order valence-corrected chi connectivity index (χ4v) is 2.54. The van der Waals surface area contributed by atoms with E-state index in [4.69, 9.17) is 5.73 Å². The van der Waals surface area contributed by atoms with Crippen molar-refractivity contribution < 1.29 is 4.79 Å². The Hall–Kier alpha value is -1.35. The van der Waals surface area contributed by atoms with Crippen LogP contribution in [0.1, 0.15) is 56.3 Å². The molecule has 0 saturated heterocycles. The molecule has 0 aromatic heterocycles. The van der Waals surface area contributed by atoms with Gasteiger partial charge in [-0.05, 0) is 29.0 Å². The van der Waals surface area contributed by atoms with Gasteiger partial charge in [0.1, 0.15) is 0 Å². The Kier molecular flexibility index (Phi) is 4.25. The number of carbonyl (C=O) groups is 1. The van der Waals surface area contributed by atoms with Crippen molar-refractivity contribution in [1.29, 1.82) is 0 Å². The highest BCUT2D eigenvalue weighted by Gasteiger charge is 2.24. The molecule has 0 aliphatic carbocycles. The fourth-order valence-electron chi connectivity index (χ4n) is 2.54. The summed E-state index contributed by atoms with van der Waals surface area (Å²) in [5, 5.41) is 0. The van der Waals surface area contributed by atoms with Gasteiger partial charge in [0.25, 0.3) is 0 Å². The number of benzene rings is 1. The minimum Gasteiger partial charge on any atom is -0.334 e. The average molecular weight is 260 g/mol. The summed E-state index contributed by atoms with van der Waals surface area (Å²) in [6.07, 6.45) is 1.57. The lowest BCUT2D eigenvalue weighted by molar-refractivity contribution is -0.132. The number of fused-ring (bicyclic) bond motifs is 1. The molecular weight excluding hydrogens is 236 g/mol. The minimum absolute atomic E-state index is 0.103. The van der Waals surface area contributed by atoms with Gasteiger partial charge in [0.15, 0.2) is 0 Å². The normalized spacial score (nSPS) is 15.7. The van der Waals surface area contributed by atoms with Crippen molar-refractivity contribution in [1.82, 2.24) is 4.90 Å². The van der Waals surface area contributed by atoms with Crippen molar-refractivity contribution in [3.05, 3.63) is 34.9 Å². The van der Waals surface area contributed by atoms with Crippen LogP contribution in [0.3, 0.4) is 0 Å². The molecule has 0 spiro atoms. The first-order chi connectivity index (χ1) is 9.01. The van der Waals surface area contributed by atoms with Crippen molar-refractivity contribution >= 4 is 5.91 Å². The molecule has 1 aromatic rings. The first-order valence-corrected chi connectivity index (χ1v) is 7.16. The summed E-state index contributed by atoms with van der Waals surface area (Å²) in [6, 6.07) is 6.50. The van der Waals surface area contributed by atoms with Crippen LogP contribution in [0.5, 0.6) is 0 Å². The summed E-state index contributed by atoms with van der Waals surface area (Å²) >= 11 is 0.